The molecule has 0 N–H and O–H groups in total. The lowest BCUT2D eigenvalue weighted by atomic mass is 9.80. The Morgan fingerprint density at radius 1 is 0.893 bits per heavy atom. The first-order valence-electron chi connectivity index (χ1n) is 11.3. The number of rotatable bonds is 13. The second-order valence-electron chi connectivity index (χ2n) is 8.35. The molecule has 2 unspecified atom stereocenters. The lowest BCUT2D eigenvalue weighted by Gasteiger charge is -2.25. The van der Waals surface area contributed by atoms with Crippen LogP contribution >= 0.6 is 0 Å². The summed E-state index contributed by atoms with van der Waals surface area (Å²) in [4.78, 5) is 0. The zero-order valence-electron chi connectivity index (χ0n) is 20.0. The van der Waals surface area contributed by atoms with Crippen LogP contribution in [0.15, 0.2) is 71.4 Å². The Hall–Kier alpha value is -1.56. The molecule has 0 rings (SSSR count). The molecule has 0 saturated carbocycles. The summed E-state index contributed by atoms with van der Waals surface area (Å²) in [5.74, 6) is 1.52. The summed E-state index contributed by atoms with van der Waals surface area (Å²) in [5.41, 5.74) is 4.38. The van der Waals surface area contributed by atoms with Crippen molar-refractivity contribution < 1.29 is 0 Å². The molecule has 0 aromatic heterocycles. The van der Waals surface area contributed by atoms with Crippen LogP contribution in [0.1, 0.15) is 87.5 Å². The minimum absolute atomic E-state index is 0.444. The lowest BCUT2D eigenvalue weighted by molar-refractivity contribution is 0.531. The summed E-state index contributed by atoms with van der Waals surface area (Å²) >= 11 is 0. The highest BCUT2D eigenvalue weighted by molar-refractivity contribution is 5.32. The summed E-state index contributed by atoms with van der Waals surface area (Å²) in [5, 5.41) is 0. The molecular formula is C28H46. The van der Waals surface area contributed by atoms with Crippen molar-refractivity contribution in [2.45, 2.75) is 87.5 Å². The van der Waals surface area contributed by atoms with Gasteiger partial charge in [0.05, 0.1) is 0 Å². The lowest BCUT2D eigenvalue weighted by Crippen LogP contribution is -2.13. The summed E-state index contributed by atoms with van der Waals surface area (Å²) in [6.07, 6.45) is 26.7. The molecule has 28 heavy (non-hydrogen) atoms. The van der Waals surface area contributed by atoms with Crippen LogP contribution in [-0.2, 0) is 0 Å². The highest BCUT2D eigenvalue weighted by atomic mass is 14.2. The topological polar surface area (TPSA) is 0 Å². The summed E-state index contributed by atoms with van der Waals surface area (Å²) in [6, 6.07) is 0. The second-order valence-corrected chi connectivity index (χ2v) is 8.35. The molecular weight excluding hydrogens is 336 g/mol. The first-order valence-corrected chi connectivity index (χ1v) is 11.3. The maximum atomic E-state index is 2.47. The van der Waals surface area contributed by atoms with Gasteiger partial charge >= 0.3 is 0 Å². The van der Waals surface area contributed by atoms with Crippen LogP contribution in [0.2, 0.25) is 0 Å². The Morgan fingerprint density at radius 3 is 2.14 bits per heavy atom. The van der Waals surface area contributed by atoms with Crippen LogP contribution in [0, 0.1) is 17.8 Å². The van der Waals surface area contributed by atoms with Crippen molar-refractivity contribution in [1.29, 1.82) is 0 Å². The summed E-state index contributed by atoms with van der Waals surface area (Å²) < 4.78 is 0. The molecule has 0 heteroatoms. The fourth-order valence-electron chi connectivity index (χ4n) is 3.32. The van der Waals surface area contributed by atoms with E-state index in [2.05, 4.69) is 110 Å². The molecule has 0 aliphatic heterocycles. The van der Waals surface area contributed by atoms with Crippen molar-refractivity contribution in [1.82, 2.24) is 0 Å². The van der Waals surface area contributed by atoms with Gasteiger partial charge in [0.25, 0.3) is 0 Å². The van der Waals surface area contributed by atoms with E-state index in [9.17, 15) is 0 Å². The predicted molar refractivity (Wildman–Crippen MR) is 131 cm³/mol. The Labute approximate surface area is 176 Å². The third-order valence-electron chi connectivity index (χ3n) is 4.88. The van der Waals surface area contributed by atoms with Gasteiger partial charge in [-0.25, -0.2) is 0 Å². The first-order chi connectivity index (χ1) is 13.4. The highest BCUT2D eigenvalue weighted by Gasteiger charge is 2.19. The van der Waals surface area contributed by atoms with Gasteiger partial charge in [-0.15, -0.1) is 0 Å². The Bertz CT molecular complexity index is 571. The van der Waals surface area contributed by atoms with Gasteiger partial charge in [0.15, 0.2) is 0 Å². The number of unbranched alkanes of at least 4 members (excludes halogenated alkanes) is 1. The highest BCUT2D eigenvalue weighted by Crippen LogP contribution is 2.32. The van der Waals surface area contributed by atoms with Gasteiger partial charge in [0, 0.05) is 5.92 Å². The first kappa shape index (κ1) is 26.4. The van der Waals surface area contributed by atoms with Crippen LogP contribution in [0.5, 0.6) is 0 Å². The molecule has 0 spiro atoms. The maximum absolute atomic E-state index is 2.47. The van der Waals surface area contributed by atoms with E-state index in [4.69, 9.17) is 0 Å². The van der Waals surface area contributed by atoms with Gasteiger partial charge in [0.2, 0.25) is 0 Å². The molecule has 0 amide bonds. The average Bonchev–Trinajstić information content (AvgIpc) is 2.64. The van der Waals surface area contributed by atoms with E-state index in [1.54, 1.807) is 0 Å². The second kappa shape index (κ2) is 16.4. The van der Waals surface area contributed by atoms with Gasteiger partial charge in [-0.05, 0) is 70.8 Å². The van der Waals surface area contributed by atoms with E-state index in [-0.39, 0.29) is 0 Å². The number of hydrogen-bond donors (Lipinski definition) is 0. The van der Waals surface area contributed by atoms with E-state index < -0.39 is 0 Å². The van der Waals surface area contributed by atoms with E-state index in [0.29, 0.717) is 17.8 Å². The molecule has 0 saturated heterocycles. The van der Waals surface area contributed by atoms with Gasteiger partial charge in [-0.3, -0.25) is 0 Å². The standard InChI is InChI=1S/C28H46/c1-9-12-15-18-26(21-20-23(4)5)25(8)28(19-16-13-10-2)27(17-14-11-3)22-24(6)7/h11-12,14-16,19-23,27-28H,9-10,13,17-18H2,1-8H3/b14-11?,15-12?,19-16-,21-20+,26-25?. The van der Waals surface area contributed by atoms with Crippen LogP contribution < -0.4 is 0 Å². The van der Waals surface area contributed by atoms with Crippen molar-refractivity contribution in [3.63, 3.8) is 0 Å². The third kappa shape index (κ3) is 12.0. The van der Waals surface area contributed by atoms with Crippen molar-refractivity contribution in [2.24, 2.45) is 17.8 Å². The minimum Gasteiger partial charge on any atom is -0.0916 e. The van der Waals surface area contributed by atoms with E-state index in [1.807, 2.05) is 0 Å². The minimum atomic E-state index is 0.444. The fourth-order valence-corrected chi connectivity index (χ4v) is 3.32. The van der Waals surface area contributed by atoms with Gasteiger partial charge in [-0.2, -0.15) is 0 Å². The molecule has 0 aromatic carbocycles. The summed E-state index contributed by atoms with van der Waals surface area (Å²) in [7, 11) is 0. The Morgan fingerprint density at radius 2 is 1.61 bits per heavy atom. The molecule has 0 aliphatic carbocycles. The Balaban J connectivity index is 6.19. The zero-order chi connectivity index (χ0) is 21.4. The zero-order valence-corrected chi connectivity index (χ0v) is 20.0. The van der Waals surface area contributed by atoms with Crippen LogP contribution in [0.4, 0.5) is 0 Å². The Kier molecular flexibility index (Phi) is 15.5. The van der Waals surface area contributed by atoms with Crippen molar-refractivity contribution in [2.75, 3.05) is 0 Å². The molecule has 0 bridgehead atoms. The van der Waals surface area contributed by atoms with Crippen LogP contribution in [-0.4, -0.2) is 0 Å². The smallest absolute Gasteiger partial charge is 0.00458 e. The monoisotopic (exact) mass is 382 g/mol. The molecule has 0 nitrogen and oxygen atoms in total. The van der Waals surface area contributed by atoms with Gasteiger partial charge < -0.3 is 0 Å². The van der Waals surface area contributed by atoms with Crippen molar-refractivity contribution in [3.8, 4) is 0 Å². The molecule has 0 aromatic rings. The van der Waals surface area contributed by atoms with Gasteiger partial charge in [0.1, 0.15) is 0 Å². The molecule has 158 valence electrons. The summed E-state index contributed by atoms with van der Waals surface area (Å²) in [6.45, 7) is 17.9. The maximum Gasteiger partial charge on any atom is 0.00458 e. The predicted octanol–water partition coefficient (Wildman–Crippen LogP) is 9.39. The largest absolute Gasteiger partial charge is 0.0916 e. The SMILES string of the molecule is CC=CCC(C=C(C)C)C(/C=C\CCC)C(C)=C(/C=C/C(C)C)CC=CCC. The average molecular weight is 383 g/mol. The van der Waals surface area contributed by atoms with E-state index >= 15 is 0 Å². The molecule has 0 aliphatic rings. The van der Waals surface area contributed by atoms with Crippen LogP contribution in [0.3, 0.4) is 0 Å². The van der Waals surface area contributed by atoms with Crippen molar-refractivity contribution in [3.05, 3.63) is 71.4 Å². The quantitative estimate of drug-likeness (QED) is 0.220. The van der Waals surface area contributed by atoms with E-state index in [0.717, 1.165) is 25.7 Å². The number of allylic oxidation sites excluding steroid dienone is 12. The molecule has 0 heterocycles. The number of hydrogen-bond acceptors (Lipinski definition) is 0. The normalized spacial score (nSPS) is 15.9. The van der Waals surface area contributed by atoms with Gasteiger partial charge in [-0.1, -0.05) is 99.9 Å². The van der Waals surface area contributed by atoms with Crippen LogP contribution in [0.25, 0.3) is 0 Å². The molecule has 0 radical (unpaired) electrons. The van der Waals surface area contributed by atoms with Crippen molar-refractivity contribution >= 4 is 0 Å². The molecule has 2 atom stereocenters. The molecule has 0 fully saturated rings. The fraction of sp³-hybridized carbons (Fsp3) is 0.571. The van der Waals surface area contributed by atoms with E-state index in [1.165, 1.54) is 23.1 Å². The third-order valence-corrected chi connectivity index (χ3v) is 4.88.